The summed E-state index contributed by atoms with van der Waals surface area (Å²) in [5.74, 6) is 1.93. The van der Waals surface area contributed by atoms with Crippen molar-refractivity contribution in [3.63, 3.8) is 0 Å². The van der Waals surface area contributed by atoms with Gasteiger partial charge in [0, 0.05) is 18.1 Å². The summed E-state index contributed by atoms with van der Waals surface area (Å²) in [6.45, 7) is 3.78. The van der Waals surface area contributed by atoms with Gasteiger partial charge in [-0.15, -0.1) is 0 Å². The van der Waals surface area contributed by atoms with Gasteiger partial charge >= 0.3 is 6.03 Å². The molecule has 2 aromatic carbocycles. The molecule has 0 spiro atoms. The second kappa shape index (κ2) is 7.32. The van der Waals surface area contributed by atoms with Gasteiger partial charge in [-0.05, 0) is 60.8 Å². The van der Waals surface area contributed by atoms with Crippen LogP contribution in [0.25, 0.3) is 0 Å². The average molecular weight is 369 g/mol. The molecule has 1 saturated carbocycles. The van der Waals surface area contributed by atoms with E-state index < -0.39 is 0 Å². The van der Waals surface area contributed by atoms with Gasteiger partial charge < -0.3 is 10.2 Å². The van der Waals surface area contributed by atoms with Crippen LogP contribution in [0, 0.1) is 11.8 Å². The van der Waals surface area contributed by atoms with E-state index in [1.807, 2.05) is 36.1 Å². The fraction of sp³-hybridized carbons (Fsp3) is 0.409. The summed E-state index contributed by atoms with van der Waals surface area (Å²) in [6.07, 6.45) is 2.40. The lowest BCUT2D eigenvalue weighted by atomic mass is 9.96. The van der Waals surface area contributed by atoms with E-state index in [0.717, 1.165) is 18.7 Å². The molecule has 0 bridgehead atoms. The summed E-state index contributed by atoms with van der Waals surface area (Å²) in [4.78, 5) is 14.7. The molecule has 2 fully saturated rings. The van der Waals surface area contributed by atoms with Crippen LogP contribution in [0.5, 0.6) is 0 Å². The molecule has 26 heavy (non-hydrogen) atoms. The van der Waals surface area contributed by atoms with Crippen molar-refractivity contribution in [2.24, 2.45) is 11.8 Å². The number of carbonyl (C=O) groups excluding carboxylic acids is 1. The first-order valence-electron chi connectivity index (χ1n) is 9.46. The zero-order chi connectivity index (χ0) is 18.1. The number of urea groups is 1. The minimum absolute atomic E-state index is 0.0164. The van der Waals surface area contributed by atoms with Gasteiger partial charge in [0.15, 0.2) is 0 Å². The van der Waals surface area contributed by atoms with Crippen molar-refractivity contribution in [2.75, 3.05) is 13.1 Å². The molecule has 2 aromatic rings. The Labute approximate surface area is 160 Å². The molecule has 2 aliphatic rings. The zero-order valence-electron chi connectivity index (χ0n) is 15.1. The Kier molecular flexibility index (Phi) is 4.90. The Morgan fingerprint density at radius 1 is 1.04 bits per heavy atom. The van der Waals surface area contributed by atoms with Gasteiger partial charge in [-0.3, -0.25) is 0 Å². The van der Waals surface area contributed by atoms with Crippen molar-refractivity contribution in [1.82, 2.24) is 10.2 Å². The molecule has 2 amide bonds. The summed E-state index contributed by atoms with van der Waals surface area (Å²) >= 11 is 5.94. The normalized spacial score (nSPS) is 25.8. The average Bonchev–Trinajstić information content (AvgIpc) is 3.22. The fourth-order valence-electron chi connectivity index (χ4n) is 4.57. The third-order valence-corrected chi connectivity index (χ3v) is 6.27. The van der Waals surface area contributed by atoms with E-state index >= 15 is 0 Å². The molecular formula is C22H25ClN2O. The number of benzene rings is 2. The maximum absolute atomic E-state index is 12.7. The third-order valence-electron chi connectivity index (χ3n) is 6.02. The zero-order valence-corrected chi connectivity index (χ0v) is 15.8. The van der Waals surface area contributed by atoms with Gasteiger partial charge in [-0.25, -0.2) is 4.79 Å². The molecule has 4 heteroatoms. The summed E-state index contributed by atoms with van der Waals surface area (Å²) < 4.78 is 0. The predicted molar refractivity (Wildman–Crippen MR) is 105 cm³/mol. The number of halogens is 1. The van der Waals surface area contributed by atoms with E-state index in [4.69, 9.17) is 11.6 Å². The highest BCUT2D eigenvalue weighted by Gasteiger charge is 2.42. The quantitative estimate of drug-likeness (QED) is 0.789. The van der Waals surface area contributed by atoms with Gasteiger partial charge in [-0.1, -0.05) is 54.1 Å². The van der Waals surface area contributed by atoms with Crippen molar-refractivity contribution < 1.29 is 4.79 Å². The Morgan fingerprint density at radius 3 is 2.27 bits per heavy atom. The molecule has 1 heterocycles. The van der Waals surface area contributed by atoms with E-state index in [9.17, 15) is 4.79 Å². The van der Waals surface area contributed by atoms with Crippen molar-refractivity contribution in [2.45, 2.75) is 31.7 Å². The number of nitrogens with one attached hydrogen (secondary N) is 1. The third kappa shape index (κ3) is 3.59. The van der Waals surface area contributed by atoms with E-state index in [-0.39, 0.29) is 12.1 Å². The van der Waals surface area contributed by atoms with Gasteiger partial charge in [0.2, 0.25) is 0 Å². The Balaban J connectivity index is 1.32. The topological polar surface area (TPSA) is 32.3 Å². The van der Waals surface area contributed by atoms with E-state index in [0.29, 0.717) is 22.8 Å². The lowest BCUT2D eigenvalue weighted by molar-refractivity contribution is 0.201. The number of hydrogen-bond donors (Lipinski definition) is 1. The molecule has 1 N–H and O–H groups in total. The highest BCUT2D eigenvalue weighted by Crippen LogP contribution is 2.46. The number of rotatable bonds is 3. The van der Waals surface area contributed by atoms with Crippen molar-refractivity contribution >= 4 is 17.6 Å². The summed E-state index contributed by atoms with van der Waals surface area (Å²) in [6, 6.07) is 18.5. The van der Waals surface area contributed by atoms with Crippen LogP contribution in [0.3, 0.4) is 0 Å². The number of fused-ring (bicyclic) bond motifs is 1. The number of nitrogens with zero attached hydrogens (tertiary/aromatic N) is 1. The van der Waals surface area contributed by atoms with Gasteiger partial charge in [0.25, 0.3) is 0 Å². The Bertz CT molecular complexity index is 747. The smallest absolute Gasteiger partial charge is 0.317 e. The first-order valence-corrected chi connectivity index (χ1v) is 9.84. The monoisotopic (exact) mass is 368 g/mol. The molecular weight excluding hydrogens is 344 g/mol. The highest BCUT2D eigenvalue weighted by atomic mass is 35.5. The Morgan fingerprint density at radius 2 is 1.65 bits per heavy atom. The van der Waals surface area contributed by atoms with Gasteiger partial charge in [0.1, 0.15) is 0 Å². The summed E-state index contributed by atoms with van der Waals surface area (Å²) in [5.41, 5.74) is 2.53. The molecule has 136 valence electrons. The number of amides is 2. The van der Waals surface area contributed by atoms with E-state index in [1.165, 1.54) is 18.4 Å². The maximum Gasteiger partial charge on any atom is 0.317 e. The maximum atomic E-state index is 12.7. The molecule has 0 radical (unpaired) electrons. The van der Waals surface area contributed by atoms with Crippen LogP contribution < -0.4 is 5.32 Å². The minimum atomic E-state index is -0.0164. The molecule has 1 saturated heterocycles. The molecule has 1 aliphatic heterocycles. The second-order valence-electron chi connectivity index (χ2n) is 7.73. The largest absolute Gasteiger partial charge is 0.331 e. The lowest BCUT2D eigenvalue weighted by Crippen LogP contribution is -2.40. The molecule has 2 unspecified atom stereocenters. The van der Waals surface area contributed by atoms with Crippen LogP contribution in [-0.2, 0) is 0 Å². The Hall–Kier alpha value is -2.00. The number of carbonyl (C=O) groups is 1. The van der Waals surface area contributed by atoms with Crippen LogP contribution in [0.2, 0.25) is 5.02 Å². The van der Waals surface area contributed by atoms with Crippen molar-refractivity contribution in [1.29, 1.82) is 0 Å². The SMILES string of the molecule is C[C@@H](NC(=O)N1CC2CC(c3ccccc3)CC2C1)c1ccc(Cl)cc1. The van der Waals surface area contributed by atoms with Crippen LogP contribution in [0.15, 0.2) is 54.6 Å². The second-order valence-corrected chi connectivity index (χ2v) is 8.16. The van der Waals surface area contributed by atoms with Crippen LogP contribution >= 0.6 is 11.6 Å². The van der Waals surface area contributed by atoms with Crippen LogP contribution in [0.1, 0.15) is 42.9 Å². The summed E-state index contributed by atoms with van der Waals surface area (Å²) in [5, 5.41) is 3.85. The lowest BCUT2D eigenvalue weighted by Gasteiger charge is -2.23. The fourth-order valence-corrected chi connectivity index (χ4v) is 4.70. The first-order chi connectivity index (χ1) is 12.6. The van der Waals surface area contributed by atoms with Crippen molar-refractivity contribution in [3.8, 4) is 0 Å². The molecule has 0 aromatic heterocycles. The van der Waals surface area contributed by atoms with Gasteiger partial charge in [-0.2, -0.15) is 0 Å². The molecule has 3 nitrogen and oxygen atoms in total. The van der Waals surface area contributed by atoms with E-state index in [2.05, 4.69) is 35.6 Å². The van der Waals surface area contributed by atoms with Crippen LogP contribution in [0.4, 0.5) is 4.79 Å². The van der Waals surface area contributed by atoms with Crippen LogP contribution in [-0.4, -0.2) is 24.0 Å². The summed E-state index contributed by atoms with van der Waals surface area (Å²) in [7, 11) is 0. The standard InChI is InChI=1S/C22H25ClN2O/c1-15(16-7-9-21(23)10-8-16)24-22(26)25-13-19-11-18(12-20(19)14-25)17-5-3-2-4-6-17/h2-10,15,18-20H,11-14H2,1H3,(H,24,26)/t15-,18?,19?,20?/m1/s1. The number of hydrogen-bond acceptors (Lipinski definition) is 1. The number of likely N-dealkylation sites (tertiary alicyclic amines) is 1. The minimum Gasteiger partial charge on any atom is -0.331 e. The molecule has 4 rings (SSSR count). The predicted octanol–water partition coefficient (Wildman–Crippen LogP) is 5.24. The van der Waals surface area contributed by atoms with Crippen molar-refractivity contribution in [3.05, 3.63) is 70.7 Å². The van der Waals surface area contributed by atoms with Gasteiger partial charge in [0.05, 0.1) is 6.04 Å². The molecule has 3 atom stereocenters. The first kappa shape index (κ1) is 17.4. The highest BCUT2D eigenvalue weighted by molar-refractivity contribution is 6.30. The molecule has 1 aliphatic carbocycles. The van der Waals surface area contributed by atoms with E-state index in [1.54, 1.807) is 0 Å².